The fourth-order valence-corrected chi connectivity index (χ4v) is 2.83. The third-order valence-corrected chi connectivity index (χ3v) is 4.07. The first-order valence-corrected chi connectivity index (χ1v) is 7.78. The maximum atomic E-state index is 13.2. The first-order chi connectivity index (χ1) is 11.1. The second-order valence-electron chi connectivity index (χ2n) is 4.96. The van der Waals surface area contributed by atoms with E-state index in [0.29, 0.717) is 15.8 Å². The van der Waals surface area contributed by atoms with E-state index in [-0.39, 0.29) is 5.91 Å². The van der Waals surface area contributed by atoms with Gasteiger partial charge in [-0.25, -0.2) is 4.39 Å². The quantitative estimate of drug-likeness (QED) is 0.719. The maximum absolute atomic E-state index is 13.2. The number of halogens is 2. The van der Waals surface area contributed by atoms with Gasteiger partial charge in [-0.15, -0.1) is 0 Å². The van der Waals surface area contributed by atoms with Crippen molar-refractivity contribution in [3.63, 3.8) is 0 Å². The largest absolute Gasteiger partial charge is 0.467 e. The number of carbonyl (C=O) groups is 1. The van der Waals surface area contributed by atoms with Gasteiger partial charge in [0.25, 0.3) is 5.91 Å². The third kappa shape index (κ3) is 3.51. The number of amides is 1. The van der Waals surface area contributed by atoms with Gasteiger partial charge in [0.05, 0.1) is 11.8 Å². The minimum atomic E-state index is -0.421. The van der Waals surface area contributed by atoms with Gasteiger partial charge in [0, 0.05) is 4.47 Å². The van der Waals surface area contributed by atoms with Crippen LogP contribution < -0.4 is 5.32 Å². The van der Waals surface area contributed by atoms with Gasteiger partial charge in [-0.2, -0.15) is 0 Å². The van der Waals surface area contributed by atoms with E-state index in [9.17, 15) is 9.18 Å². The van der Waals surface area contributed by atoms with Crippen LogP contribution in [0.3, 0.4) is 0 Å². The van der Waals surface area contributed by atoms with Crippen molar-refractivity contribution in [2.24, 2.45) is 0 Å². The van der Waals surface area contributed by atoms with Crippen LogP contribution in [0, 0.1) is 5.82 Å². The highest BCUT2D eigenvalue weighted by atomic mass is 79.9. The van der Waals surface area contributed by atoms with Crippen LogP contribution in [0.5, 0.6) is 0 Å². The smallest absolute Gasteiger partial charge is 0.253 e. The molecular formula is C18H13BrFNO2. The Morgan fingerprint density at radius 3 is 2.52 bits per heavy atom. The lowest BCUT2D eigenvalue weighted by Crippen LogP contribution is -2.29. The highest BCUT2D eigenvalue weighted by Crippen LogP contribution is 2.24. The molecule has 0 aliphatic carbocycles. The lowest BCUT2D eigenvalue weighted by atomic mass is 10.0. The van der Waals surface area contributed by atoms with E-state index in [1.54, 1.807) is 18.4 Å². The van der Waals surface area contributed by atoms with Gasteiger partial charge >= 0.3 is 0 Å². The number of hydrogen-bond acceptors (Lipinski definition) is 2. The van der Waals surface area contributed by atoms with E-state index in [4.69, 9.17) is 4.42 Å². The monoisotopic (exact) mass is 373 g/mol. The molecule has 1 unspecified atom stereocenters. The molecule has 23 heavy (non-hydrogen) atoms. The average molecular weight is 374 g/mol. The second kappa shape index (κ2) is 6.79. The summed E-state index contributed by atoms with van der Waals surface area (Å²) in [5, 5.41) is 2.93. The zero-order valence-corrected chi connectivity index (χ0v) is 13.6. The fraction of sp³-hybridized carbons (Fsp3) is 0.0556. The van der Waals surface area contributed by atoms with Crippen molar-refractivity contribution in [1.29, 1.82) is 0 Å². The Morgan fingerprint density at radius 1 is 1.09 bits per heavy atom. The van der Waals surface area contributed by atoms with E-state index in [2.05, 4.69) is 21.2 Å². The molecule has 1 atom stereocenters. The van der Waals surface area contributed by atoms with Crippen LogP contribution in [0.4, 0.5) is 4.39 Å². The second-order valence-corrected chi connectivity index (χ2v) is 5.81. The van der Waals surface area contributed by atoms with Crippen molar-refractivity contribution in [3.05, 3.63) is 94.1 Å². The van der Waals surface area contributed by atoms with E-state index < -0.39 is 11.9 Å². The zero-order valence-electron chi connectivity index (χ0n) is 12.0. The zero-order chi connectivity index (χ0) is 16.2. The molecule has 2 aromatic carbocycles. The molecule has 1 heterocycles. The average Bonchev–Trinajstić information content (AvgIpc) is 3.07. The summed E-state index contributed by atoms with van der Waals surface area (Å²) in [4.78, 5) is 12.6. The van der Waals surface area contributed by atoms with Crippen molar-refractivity contribution in [3.8, 4) is 0 Å². The molecule has 0 saturated carbocycles. The van der Waals surface area contributed by atoms with Crippen LogP contribution in [0.2, 0.25) is 0 Å². The Labute approximate surface area is 141 Å². The molecule has 0 spiro atoms. The molecular weight excluding hydrogens is 361 g/mol. The minimum absolute atomic E-state index is 0.317. The summed E-state index contributed by atoms with van der Waals surface area (Å²) in [6.07, 6.45) is 1.56. The first-order valence-electron chi connectivity index (χ1n) is 6.99. The molecule has 116 valence electrons. The van der Waals surface area contributed by atoms with Crippen LogP contribution in [-0.2, 0) is 0 Å². The molecule has 0 bridgehead atoms. The van der Waals surface area contributed by atoms with Crippen molar-refractivity contribution in [2.75, 3.05) is 0 Å². The lowest BCUT2D eigenvalue weighted by Gasteiger charge is -2.17. The van der Waals surface area contributed by atoms with Gasteiger partial charge in [0.15, 0.2) is 0 Å². The normalized spacial score (nSPS) is 11.9. The molecule has 3 aromatic rings. The SMILES string of the molecule is O=C(NC(c1ccccc1)c1ccco1)c1ccc(F)cc1Br. The van der Waals surface area contributed by atoms with Crippen LogP contribution in [0.15, 0.2) is 75.8 Å². The number of benzene rings is 2. The predicted octanol–water partition coefficient (Wildman–Crippen LogP) is 4.70. The summed E-state index contributed by atoms with van der Waals surface area (Å²) in [5.41, 5.74) is 1.26. The van der Waals surface area contributed by atoms with Gasteiger partial charge in [-0.3, -0.25) is 4.79 Å². The number of rotatable bonds is 4. The Kier molecular flexibility index (Phi) is 4.57. The predicted molar refractivity (Wildman–Crippen MR) is 88.6 cm³/mol. The van der Waals surface area contributed by atoms with Gasteiger partial charge in [-0.1, -0.05) is 30.3 Å². The molecule has 3 nitrogen and oxygen atoms in total. The summed E-state index contributed by atoms with van der Waals surface area (Å²) in [6.45, 7) is 0. The molecule has 0 radical (unpaired) electrons. The van der Waals surface area contributed by atoms with Crippen molar-refractivity contribution < 1.29 is 13.6 Å². The standard InChI is InChI=1S/C18H13BrFNO2/c19-15-11-13(20)8-9-14(15)18(22)21-17(16-7-4-10-23-16)12-5-2-1-3-6-12/h1-11,17H,(H,21,22). The molecule has 0 fully saturated rings. The topological polar surface area (TPSA) is 42.2 Å². The van der Waals surface area contributed by atoms with Gasteiger partial charge < -0.3 is 9.73 Å². The maximum Gasteiger partial charge on any atom is 0.253 e. The number of furan rings is 1. The Balaban J connectivity index is 1.91. The fourth-order valence-electron chi connectivity index (χ4n) is 2.30. The van der Waals surface area contributed by atoms with E-state index in [0.717, 1.165) is 5.56 Å². The molecule has 1 N–H and O–H groups in total. The lowest BCUT2D eigenvalue weighted by molar-refractivity contribution is 0.0938. The van der Waals surface area contributed by atoms with Crippen molar-refractivity contribution in [1.82, 2.24) is 5.32 Å². The number of nitrogens with one attached hydrogen (secondary N) is 1. The summed E-state index contributed by atoms with van der Waals surface area (Å²) in [7, 11) is 0. The van der Waals surface area contributed by atoms with Crippen LogP contribution in [0.1, 0.15) is 27.7 Å². The van der Waals surface area contributed by atoms with Crippen molar-refractivity contribution >= 4 is 21.8 Å². The summed E-state index contributed by atoms with van der Waals surface area (Å²) in [6, 6.07) is 16.6. The Hall–Kier alpha value is -2.40. The Morgan fingerprint density at radius 2 is 1.87 bits per heavy atom. The third-order valence-electron chi connectivity index (χ3n) is 3.41. The van der Waals surface area contributed by atoms with Crippen molar-refractivity contribution in [2.45, 2.75) is 6.04 Å². The van der Waals surface area contributed by atoms with Crippen LogP contribution in [0.25, 0.3) is 0 Å². The molecule has 1 amide bonds. The number of hydrogen-bond donors (Lipinski definition) is 1. The van der Waals surface area contributed by atoms with Gasteiger partial charge in [0.1, 0.15) is 17.6 Å². The van der Waals surface area contributed by atoms with Crippen LogP contribution in [-0.4, -0.2) is 5.91 Å². The summed E-state index contributed by atoms with van der Waals surface area (Å²) < 4.78 is 19.0. The Bertz CT molecular complexity index is 803. The van der Waals surface area contributed by atoms with Crippen LogP contribution >= 0.6 is 15.9 Å². The van der Waals surface area contributed by atoms with E-state index >= 15 is 0 Å². The molecule has 0 saturated heterocycles. The highest BCUT2D eigenvalue weighted by Gasteiger charge is 2.21. The highest BCUT2D eigenvalue weighted by molar-refractivity contribution is 9.10. The first kappa shape index (κ1) is 15.5. The molecule has 5 heteroatoms. The minimum Gasteiger partial charge on any atom is -0.467 e. The number of carbonyl (C=O) groups excluding carboxylic acids is 1. The van der Waals surface area contributed by atoms with E-state index in [1.165, 1.54) is 18.2 Å². The van der Waals surface area contributed by atoms with Gasteiger partial charge in [-0.05, 0) is 51.8 Å². The molecule has 3 rings (SSSR count). The van der Waals surface area contributed by atoms with E-state index in [1.807, 2.05) is 30.3 Å². The summed E-state index contributed by atoms with van der Waals surface area (Å²) >= 11 is 3.22. The molecule has 0 aliphatic heterocycles. The summed E-state index contributed by atoms with van der Waals surface area (Å²) in [5.74, 6) is -0.0935. The van der Waals surface area contributed by atoms with Gasteiger partial charge in [0.2, 0.25) is 0 Å². The molecule has 1 aromatic heterocycles. The molecule has 0 aliphatic rings.